The lowest BCUT2D eigenvalue weighted by atomic mass is 10.2. The first-order valence-electron chi connectivity index (χ1n) is 5.18. The number of anilines is 1. The van der Waals surface area contributed by atoms with Gasteiger partial charge in [-0.3, -0.25) is 0 Å². The van der Waals surface area contributed by atoms with Gasteiger partial charge in [0, 0.05) is 12.7 Å². The summed E-state index contributed by atoms with van der Waals surface area (Å²) in [6, 6.07) is 3.40. The van der Waals surface area contributed by atoms with Gasteiger partial charge in [0.05, 0.1) is 7.11 Å². The monoisotopic (exact) mass is 220 g/mol. The molecule has 0 amide bonds. The molecule has 16 heavy (non-hydrogen) atoms. The molecule has 0 aliphatic heterocycles. The first-order valence-corrected chi connectivity index (χ1v) is 5.18. The van der Waals surface area contributed by atoms with Crippen LogP contribution in [0, 0.1) is 0 Å². The molecule has 0 bridgehead atoms. The largest absolute Gasteiger partial charge is 0.465 e. The van der Waals surface area contributed by atoms with Gasteiger partial charge in [0.2, 0.25) is 0 Å². The van der Waals surface area contributed by atoms with Crippen LogP contribution in [0.25, 0.3) is 0 Å². The van der Waals surface area contributed by atoms with E-state index in [2.05, 4.69) is 15.0 Å². The summed E-state index contributed by atoms with van der Waals surface area (Å²) in [5.74, 6) is 0.195. The highest BCUT2D eigenvalue weighted by Crippen LogP contribution is 2.12. The molecule has 4 nitrogen and oxygen atoms in total. The Balaban J connectivity index is 2.67. The Morgan fingerprint density at radius 3 is 3.12 bits per heavy atom. The molecule has 1 aromatic rings. The highest BCUT2D eigenvalue weighted by molar-refractivity contribution is 5.94. The number of allylic oxidation sites excluding steroid dienone is 1. The van der Waals surface area contributed by atoms with Gasteiger partial charge in [0.1, 0.15) is 11.4 Å². The Labute approximate surface area is 95.3 Å². The maximum absolute atomic E-state index is 11.4. The summed E-state index contributed by atoms with van der Waals surface area (Å²) in [5.41, 5.74) is 0.463. The van der Waals surface area contributed by atoms with Crippen LogP contribution in [-0.2, 0) is 4.74 Å². The zero-order chi connectivity index (χ0) is 11.8. The number of rotatable bonds is 5. The van der Waals surface area contributed by atoms with Crippen molar-refractivity contribution in [1.82, 2.24) is 4.98 Å². The van der Waals surface area contributed by atoms with E-state index in [9.17, 15) is 4.79 Å². The molecule has 4 heteroatoms. The normalized spacial score (nSPS) is 10.4. The van der Waals surface area contributed by atoms with E-state index in [1.54, 1.807) is 18.3 Å². The molecule has 86 valence electrons. The van der Waals surface area contributed by atoms with Crippen LogP contribution in [-0.4, -0.2) is 24.6 Å². The summed E-state index contributed by atoms with van der Waals surface area (Å²) in [7, 11) is 1.36. The molecule has 0 unspecified atom stereocenters. The Hall–Kier alpha value is -1.84. The molecule has 0 saturated heterocycles. The summed E-state index contributed by atoms with van der Waals surface area (Å²) >= 11 is 0. The van der Waals surface area contributed by atoms with Crippen LogP contribution in [0.4, 0.5) is 5.82 Å². The Kier molecular flexibility index (Phi) is 5.05. The average Bonchev–Trinajstić information content (AvgIpc) is 2.34. The molecule has 0 radical (unpaired) electrons. The third kappa shape index (κ3) is 3.38. The second-order valence-electron chi connectivity index (χ2n) is 3.18. The van der Waals surface area contributed by atoms with Crippen molar-refractivity contribution < 1.29 is 9.53 Å². The molecule has 0 fully saturated rings. The molecule has 0 atom stereocenters. The van der Waals surface area contributed by atoms with Crippen molar-refractivity contribution in [3.63, 3.8) is 0 Å². The molecule has 0 aliphatic carbocycles. The van der Waals surface area contributed by atoms with Crippen molar-refractivity contribution in [3.8, 4) is 0 Å². The third-order valence-corrected chi connectivity index (χ3v) is 2.05. The molecule has 1 aromatic heterocycles. The van der Waals surface area contributed by atoms with Crippen LogP contribution >= 0.6 is 0 Å². The second kappa shape index (κ2) is 6.61. The molecule has 0 spiro atoms. The van der Waals surface area contributed by atoms with Crippen LogP contribution in [0.15, 0.2) is 30.5 Å². The van der Waals surface area contributed by atoms with Crippen molar-refractivity contribution in [2.24, 2.45) is 0 Å². The van der Waals surface area contributed by atoms with E-state index in [0.29, 0.717) is 11.4 Å². The highest BCUT2D eigenvalue weighted by Gasteiger charge is 2.11. The van der Waals surface area contributed by atoms with Crippen molar-refractivity contribution in [2.45, 2.75) is 13.3 Å². The number of esters is 1. The molecular formula is C12H16N2O2. The zero-order valence-corrected chi connectivity index (χ0v) is 9.56. The first kappa shape index (κ1) is 12.2. The number of pyridine rings is 1. The van der Waals surface area contributed by atoms with Crippen LogP contribution < -0.4 is 5.32 Å². The number of nitrogens with zero attached hydrogens (tertiary/aromatic N) is 1. The molecule has 1 rings (SSSR count). The van der Waals surface area contributed by atoms with E-state index in [-0.39, 0.29) is 5.97 Å². The molecule has 0 saturated carbocycles. The van der Waals surface area contributed by atoms with Crippen molar-refractivity contribution in [2.75, 3.05) is 19.0 Å². The summed E-state index contributed by atoms with van der Waals surface area (Å²) in [6.45, 7) is 2.71. The smallest absolute Gasteiger partial charge is 0.341 e. The number of carbonyl (C=O) groups excluding carboxylic acids is 1. The van der Waals surface area contributed by atoms with E-state index in [0.717, 1.165) is 13.0 Å². The maximum atomic E-state index is 11.4. The zero-order valence-electron chi connectivity index (χ0n) is 9.56. The molecule has 0 aliphatic rings. The first-order chi connectivity index (χ1) is 7.79. The average molecular weight is 220 g/mol. The van der Waals surface area contributed by atoms with Gasteiger partial charge in [-0.2, -0.15) is 0 Å². The number of carbonyl (C=O) groups is 1. The number of hydrogen-bond acceptors (Lipinski definition) is 4. The Morgan fingerprint density at radius 2 is 2.44 bits per heavy atom. The van der Waals surface area contributed by atoms with Crippen molar-refractivity contribution in [1.29, 1.82) is 0 Å². The van der Waals surface area contributed by atoms with Gasteiger partial charge in [0.15, 0.2) is 0 Å². The fourth-order valence-corrected chi connectivity index (χ4v) is 1.26. The third-order valence-electron chi connectivity index (χ3n) is 2.05. The summed E-state index contributed by atoms with van der Waals surface area (Å²) in [6.07, 6.45) is 6.58. The molecule has 0 aromatic carbocycles. The van der Waals surface area contributed by atoms with Gasteiger partial charge >= 0.3 is 5.97 Å². The van der Waals surface area contributed by atoms with E-state index < -0.39 is 0 Å². The highest BCUT2D eigenvalue weighted by atomic mass is 16.5. The van der Waals surface area contributed by atoms with E-state index in [4.69, 9.17) is 0 Å². The Morgan fingerprint density at radius 1 is 1.62 bits per heavy atom. The van der Waals surface area contributed by atoms with E-state index >= 15 is 0 Å². The maximum Gasteiger partial charge on any atom is 0.341 e. The number of aromatic nitrogens is 1. The molecule has 1 heterocycles. The molecular weight excluding hydrogens is 204 g/mol. The SMILES string of the molecule is C/C=C/CCNc1ncccc1C(=O)OC. The summed E-state index contributed by atoms with van der Waals surface area (Å²) in [5, 5.41) is 3.10. The number of nitrogens with one attached hydrogen (secondary N) is 1. The van der Waals surface area contributed by atoms with Gasteiger partial charge in [-0.05, 0) is 25.5 Å². The lowest BCUT2D eigenvalue weighted by Gasteiger charge is -2.07. The second-order valence-corrected chi connectivity index (χ2v) is 3.18. The van der Waals surface area contributed by atoms with E-state index in [1.807, 2.05) is 19.1 Å². The summed E-state index contributed by atoms with van der Waals surface area (Å²) < 4.78 is 4.67. The van der Waals surface area contributed by atoms with Gasteiger partial charge < -0.3 is 10.1 Å². The van der Waals surface area contributed by atoms with E-state index in [1.165, 1.54) is 7.11 Å². The van der Waals surface area contributed by atoms with Gasteiger partial charge in [-0.1, -0.05) is 12.2 Å². The standard InChI is InChI=1S/C12H16N2O2/c1-3-4-5-8-13-11-10(12(15)16-2)7-6-9-14-11/h3-4,6-7,9H,5,8H2,1-2H3,(H,13,14)/b4-3+. The van der Waals surface area contributed by atoms with Crippen molar-refractivity contribution >= 4 is 11.8 Å². The van der Waals surface area contributed by atoms with Crippen LogP contribution in [0.3, 0.4) is 0 Å². The number of hydrogen-bond donors (Lipinski definition) is 1. The van der Waals surface area contributed by atoms with Crippen LogP contribution in [0.1, 0.15) is 23.7 Å². The van der Waals surface area contributed by atoms with Crippen LogP contribution in [0.5, 0.6) is 0 Å². The van der Waals surface area contributed by atoms with Crippen molar-refractivity contribution in [3.05, 3.63) is 36.0 Å². The van der Waals surface area contributed by atoms with Crippen LogP contribution in [0.2, 0.25) is 0 Å². The predicted octanol–water partition coefficient (Wildman–Crippen LogP) is 2.25. The Bertz CT molecular complexity index is 375. The lowest BCUT2D eigenvalue weighted by Crippen LogP contribution is -2.10. The number of methoxy groups -OCH3 is 1. The van der Waals surface area contributed by atoms with Gasteiger partial charge in [-0.15, -0.1) is 0 Å². The minimum absolute atomic E-state index is 0.373. The fraction of sp³-hybridized carbons (Fsp3) is 0.333. The fourth-order valence-electron chi connectivity index (χ4n) is 1.26. The molecule has 1 N–H and O–H groups in total. The summed E-state index contributed by atoms with van der Waals surface area (Å²) in [4.78, 5) is 15.5. The minimum Gasteiger partial charge on any atom is -0.465 e. The predicted molar refractivity (Wildman–Crippen MR) is 63.5 cm³/mol. The number of ether oxygens (including phenoxy) is 1. The topological polar surface area (TPSA) is 51.2 Å². The van der Waals surface area contributed by atoms with Gasteiger partial charge in [0.25, 0.3) is 0 Å². The minimum atomic E-state index is -0.373. The quantitative estimate of drug-likeness (QED) is 0.469. The lowest BCUT2D eigenvalue weighted by molar-refractivity contribution is 0.0601. The van der Waals surface area contributed by atoms with Gasteiger partial charge in [-0.25, -0.2) is 9.78 Å².